The molecule has 1 aromatic heterocycles. The van der Waals surface area contributed by atoms with Crippen LogP contribution in [0.3, 0.4) is 0 Å². The molecule has 2 aromatic carbocycles. The third kappa shape index (κ3) is 3.80. The van der Waals surface area contributed by atoms with Crippen LogP contribution in [0.15, 0.2) is 54.6 Å². The summed E-state index contributed by atoms with van der Waals surface area (Å²) in [4.78, 5) is 31.9. The van der Waals surface area contributed by atoms with Crippen molar-refractivity contribution in [3.63, 3.8) is 0 Å². The highest BCUT2D eigenvalue weighted by atomic mass is 16.6. The number of carbonyl (C=O) groups is 1. The van der Waals surface area contributed by atoms with Crippen LogP contribution in [0.4, 0.5) is 5.69 Å². The van der Waals surface area contributed by atoms with Crippen LogP contribution in [0.5, 0.6) is 6.01 Å². The summed E-state index contributed by atoms with van der Waals surface area (Å²) < 4.78 is 10.4. The number of methoxy groups -OCH3 is 1. The second-order valence-corrected chi connectivity index (χ2v) is 5.67. The number of hydrogen-bond donors (Lipinski definition) is 0. The van der Waals surface area contributed by atoms with E-state index in [1.807, 2.05) is 30.3 Å². The molecule has 8 nitrogen and oxygen atoms in total. The number of rotatable bonds is 6. The molecule has 28 heavy (non-hydrogen) atoms. The normalized spacial score (nSPS) is 10.4. The van der Waals surface area contributed by atoms with E-state index in [0.29, 0.717) is 16.8 Å². The lowest BCUT2D eigenvalue weighted by Gasteiger charge is -2.14. The molecule has 0 saturated carbocycles. The Balaban J connectivity index is 2.27. The zero-order valence-electron chi connectivity index (χ0n) is 15.3. The summed E-state index contributed by atoms with van der Waals surface area (Å²) in [5.74, 6) is -0.586. The molecule has 0 N–H and O–H groups in total. The third-order valence-corrected chi connectivity index (χ3v) is 3.95. The molecule has 3 aromatic rings. The summed E-state index contributed by atoms with van der Waals surface area (Å²) >= 11 is 0. The molecule has 142 valence electrons. The van der Waals surface area contributed by atoms with Crippen LogP contribution in [0.1, 0.15) is 17.3 Å². The molecule has 0 aliphatic rings. The van der Waals surface area contributed by atoms with Crippen molar-refractivity contribution in [1.29, 1.82) is 0 Å². The van der Waals surface area contributed by atoms with Gasteiger partial charge in [0.05, 0.1) is 30.0 Å². The van der Waals surface area contributed by atoms with Crippen LogP contribution in [-0.4, -0.2) is 34.6 Å². The first kappa shape index (κ1) is 19.0. The van der Waals surface area contributed by atoms with Crippen LogP contribution in [0.25, 0.3) is 22.5 Å². The molecule has 0 unspecified atom stereocenters. The Morgan fingerprint density at radius 1 is 1.00 bits per heavy atom. The number of non-ortho nitro benzene ring substituents is 1. The van der Waals surface area contributed by atoms with Gasteiger partial charge in [0.15, 0.2) is 0 Å². The highest BCUT2D eigenvalue weighted by Gasteiger charge is 2.25. The van der Waals surface area contributed by atoms with Gasteiger partial charge in [-0.25, -0.2) is 4.79 Å². The Hall–Kier alpha value is -3.81. The van der Waals surface area contributed by atoms with Gasteiger partial charge in [-0.3, -0.25) is 10.1 Å². The van der Waals surface area contributed by atoms with Crippen molar-refractivity contribution in [1.82, 2.24) is 9.97 Å². The number of aromatic nitrogens is 2. The zero-order valence-corrected chi connectivity index (χ0v) is 15.3. The lowest BCUT2D eigenvalue weighted by molar-refractivity contribution is -0.384. The first-order valence-electron chi connectivity index (χ1n) is 8.48. The van der Waals surface area contributed by atoms with E-state index in [1.165, 1.54) is 31.4 Å². The Kier molecular flexibility index (Phi) is 5.59. The average Bonchev–Trinajstić information content (AvgIpc) is 2.73. The van der Waals surface area contributed by atoms with Crippen LogP contribution in [-0.2, 0) is 4.74 Å². The first-order chi connectivity index (χ1) is 13.5. The van der Waals surface area contributed by atoms with E-state index in [9.17, 15) is 14.9 Å². The topological polar surface area (TPSA) is 104 Å². The second kappa shape index (κ2) is 8.26. The van der Waals surface area contributed by atoms with E-state index in [-0.39, 0.29) is 29.6 Å². The number of nitrogens with zero attached hydrogens (tertiary/aromatic N) is 3. The van der Waals surface area contributed by atoms with E-state index in [4.69, 9.17) is 9.47 Å². The lowest BCUT2D eigenvalue weighted by Crippen LogP contribution is -2.12. The molecule has 0 amide bonds. The number of nitro groups is 1. The van der Waals surface area contributed by atoms with Crippen molar-refractivity contribution in [2.45, 2.75) is 6.92 Å². The summed E-state index contributed by atoms with van der Waals surface area (Å²) in [6, 6.07) is 14.9. The minimum Gasteiger partial charge on any atom is -0.467 e. The molecule has 0 fully saturated rings. The maximum absolute atomic E-state index is 12.8. The van der Waals surface area contributed by atoms with Crippen LogP contribution >= 0.6 is 0 Å². The lowest BCUT2D eigenvalue weighted by atomic mass is 10.00. The first-order valence-corrected chi connectivity index (χ1v) is 8.48. The van der Waals surface area contributed by atoms with Gasteiger partial charge in [-0.05, 0) is 19.1 Å². The molecule has 0 radical (unpaired) electrons. The zero-order chi connectivity index (χ0) is 20.1. The smallest absolute Gasteiger partial charge is 0.342 e. The largest absolute Gasteiger partial charge is 0.467 e. The molecule has 0 aliphatic heterocycles. The maximum Gasteiger partial charge on any atom is 0.342 e. The summed E-state index contributed by atoms with van der Waals surface area (Å²) in [6.07, 6.45) is 0. The van der Waals surface area contributed by atoms with Gasteiger partial charge in [0.1, 0.15) is 5.56 Å². The molecular weight excluding hydrogens is 362 g/mol. The molecule has 1 heterocycles. The van der Waals surface area contributed by atoms with Crippen molar-refractivity contribution in [3.05, 3.63) is 70.3 Å². The monoisotopic (exact) mass is 379 g/mol. The van der Waals surface area contributed by atoms with Gasteiger partial charge in [-0.1, -0.05) is 30.3 Å². The quantitative estimate of drug-likeness (QED) is 0.363. The summed E-state index contributed by atoms with van der Waals surface area (Å²) in [5.41, 5.74) is 1.94. The van der Waals surface area contributed by atoms with E-state index < -0.39 is 10.9 Å². The minimum absolute atomic E-state index is 0.0641. The standard InChI is InChI=1S/C20H17N3O5/c1-3-28-19(24)16-17(13-7-5-4-6-8-13)21-20(27-2)22-18(16)14-9-11-15(12-10-14)23(25)26/h4-12H,3H2,1-2H3. The molecule has 3 rings (SSSR count). The SMILES string of the molecule is CCOC(=O)c1c(-c2ccccc2)nc(OC)nc1-c1ccc([N+](=O)[O-])cc1. The molecular formula is C20H17N3O5. The number of ether oxygens (including phenoxy) is 2. The Labute approximate surface area is 160 Å². The Morgan fingerprint density at radius 3 is 2.07 bits per heavy atom. The molecule has 0 saturated heterocycles. The predicted molar refractivity (Wildman–Crippen MR) is 102 cm³/mol. The van der Waals surface area contributed by atoms with Gasteiger partial charge in [-0.15, -0.1) is 0 Å². The molecule has 0 atom stereocenters. The van der Waals surface area contributed by atoms with Crippen LogP contribution < -0.4 is 4.74 Å². The number of esters is 1. The minimum atomic E-state index is -0.586. The van der Waals surface area contributed by atoms with Crippen molar-refractivity contribution in [2.75, 3.05) is 13.7 Å². The average molecular weight is 379 g/mol. The van der Waals surface area contributed by atoms with E-state index in [2.05, 4.69) is 9.97 Å². The number of hydrogen-bond acceptors (Lipinski definition) is 7. The fourth-order valence-electron chi connectivity index (χ4n) is 2.68. The summed E-state index contributed by atoms with van der Waals surface area (Å²) in [6.45, 7) is 1.88. The van der Waals surface area contributed by atoms with Gasteiger partial charge in [0.2, 0.25) is 0 Å². The third-order valence-electron chi connectivity index (χ3n) is 3.95. The van der Waals surface area contributed by atoms with Crippen molar-refractivity contribution in [2.24, 2.45) is 0 Å². The highest BCUT2D eigenvalue weighted by molar-refractivity contribution is 6.02. The molecule has 0 aliphatic carbocycles. The molecule has 8 heteroatoms. The summed E-state index contributed by atoms with van der Waals surface area (Å²) in [7, 11) is 1.42. The summed E-state index contributed by atoms with van der Waals surface area (Å²) in [5, 5.41) is 10.9. The number of nitro benzene ring substituents is 1. The van der Waals surface area contributed by atoms with Crippen molar-refractivity contribution >= 4 is 11.7 Å². The Bertz CT molecular complexity index is 1000. The van der Waals surface area contributed by atoms with Crippen molar-refractivity contribution in [3.8, 4) is 28.5 Å². The molecule has 0 spiro atoms. The van der Waals surface area contributed by atoms with Crippen LogP contribution in [0.2, 0.25) is 0 Å². The predicted octanol–water partition coefficient (Wildman–Crippen LogP) is 3.90. The highest BCUT2D eigenvalue weighted by Crippen LogP contribution is 2.33. The fourth-order valence-corrected chi connectivity index (χ4v) is 2.68. The second-order valence-electron chi connectivity index (χ2n) is 5.67. The van der Waals surface area contributed by atoms with Crippen molar-refractivity contribution < 1.29 is 19.2 Å². The van der Waals surface area contributed by atoms with Gasteiger partial charge < -0.3 is 9.47 Å². The number of carbonyl (C=O) groups excluding carboxylic acids is 1. The molecule has 0 bridgehead atoms. The van der Waals surface area contributed by atoms with Gasteiger partial charge >= 0.3 is 12.0 Å². The van der Waals surface area contributed by atoms with E-state index in [0.717, 1.165) is 0 Å². The van der Waals surface area contributed by atoms with Crippen LogP contribution in [0, 0.1) is 10.1 Å². The maximum atomic E-state index is 12.8. The van der Waals surface area contributed by atoms with E-state index in [1.54, 1.807) is 6.92 Å². The van der Waals surface area contributed by atoms with Gasteiger partial charge in [0.25, 0.3) is 5.69 Å². The van der Waals surface area contributed by atoms with E-state index >= 15 is 0 Å². The fraction of sp³-hybridized carbons (Fsp3) is 0.150. The van der Waals surface area contributed by atoms with Gasteiger partial charge in [-0.2, -0.15) is 9.97 Å². The van der Waals surface area contributed by atoms with Gasteiger partial charge in [0, 0.05) is 23.3 Å². The number of benzene rings is 2. The Morgan fingerprint density at radius 2 is 1.57 bits per heavy atom.